The summed E-state index contributed by atoms with van der Waals surface area (Å²) in [5.41, 5.74) is 3.94. The van der Waals surface area contributed by atoms with Crippen molar-refractivity contribution in [2.24, 2.45) is 0 Å². The van der Waals surface area contributed by atoms with Gasteiger partial charge in [0.25, 0.3) is 5.91 Å². The van der Waals surface area contributed by atoms with Crippen LogP contribution < -0.4 is 5.48 Å². The molecule has 0 aliphatic rings. The molecule has 1 amide bonds. The third-order valence-corrected chi connectivity index (χ3v) is 4.85. The van der Waals surface area contributed by atoms with Crippen LogP contribution in [-0.4, -0.2) is 10.9 Å². The van der Waals surface area contributed by atoms with E-state index in [4.69, 9.17) is 4.84 Å². The lowest BCUT2D eigenvalue weighted by atomic mass is 10.2. The number of aromatic nitrogens is 1. The molecule has 6 heteroatoms. The van der Waals surface area contributed by atoms with E-state index in [0.717, 1.165) is 14.9 Å². The highest BCUT2D eigenvalue weighted by Crippen LogP contribution is 2.29. The van der Waals surface area contributed by atoms with Gasteiger partial charge >= 0.3 is 0 Å². The van der Waals surface area contributed by atoms with Crippen molar-refractivity contribution in [3.63, 3.8) is 0 Å². The zero-order valence-corrected chi connectivity index (χ0v) is 15.6. The third-order valence-electron chi connectivity index (χ3n) is 3.29. The SMILES string of the molecule is O=C(NOCc1ccccc1)c1cccnc1Sc1ccc(Br)cc1. The lowest BCUT2D eigenvalue weighted by molar-refractivity contribution is 0.0230. The van der Waals surface area contributed by atoms with Gasteiger partial charge in [-0.05, 0) is 42.0 Å². The van der Waals surface area contributed by atoms with Gasteiger partial charge in [-0.3, -0.25) is 9.63 Å². The summed E-state index contributed by atoms with van der Waals surface area (Å²) in [4.78, 5) is 23.0. The van der Waals surface area contributed by atoms with E-state index in [0.29, 0.717) is 17.2 Å². The van der Waals surface area contributed by atoms with Crippen molar-refractivity contribution >= 4 is 33.6 Å². The fourth-order valence-corrected chi connectivity index (χ4v) is 3.22. The number of benzene rings is 2. The van der Waals surface area contributed by atoms with E-state index >= 15 is 0 Å². The molecule has 0 fully saturated rings. The summed E-state index contributed by atoms with van der Waals surface area (Å²) < 4.78 is 1.00. The molecular weight excluding hydrogens is 400 g/mol. The number of rotatable bonds is 6. The molecule has 1 N–H and O–H groups in total. The van der Waals surface area contributed by atoms with Crippen LogP contribution in [0, 0.1) is 0 Å². The second-order valence-corrected chi connectivity index (χ2v) is 7.10. The summed E-state index contributed by atoms with van der Waals surface area (Å²) in [6, 6.07) is 21.0. The summed E-state index contributed by atoms with van der Waals surface area (Å²) in [6.45, 7) is 0.308. The first kappa shape index (κ1) is 17.7. The predicted molar refractivity (Wildman–Crippen MR) is 101 cm³/mol. The van der Waals surface area contributed by atoms with Crippen molar-refractivity contribution in [1.29, 1.82) is 0 Å². The number of carbonyl (C=O) groups is 1. The Balaban J connectivity index is 1.65. The molecule has 4 nitrogen and oxygen atoms in total. The minimum Gasteiger partial charge on any atom is -0.269 e. The van der Waals surface area contributed by atoms with Crippen molar-refractivity contribution in [2.45, 2.75) is 16.5 Å². The van der Waals surface area contributed by atoms with Gasteiger partial charge in [0.1, 0.15) is 5.03 Å². The van der Waals surface area contributed by atoms with Crippen LogP contribution in [0.25, 0.3) is 0 Å². The van der Waals surface area contributed by atoms with Gasteiger partial charge in [0.15, 0.2) is 0 Å². The maximum atomic E-state index is 12.4. The monoisotopic (exact) mass is 414 g/mol. The Morgan fingerprint density at radius 3 is 2.56 bits per heavy atom. The second-order valence-electron chi connectivity index (χ2n) is 5.12. The van der Waals surface area contributed by atoms with Crippen LogP contribution in [0.4, 0.5) is 0 Å². The first-order valence-electron chi connectivity index (χ1n) is 7.57. The first-order valence-corrected chi connectivity index (χ1v) is 9.18. The number of nitrogens with zero attached hydrogens (tertiary/aromatic N) is 1. The van der Waals surface area contributed by atoms with Gasteiger partial charge < -0.3 is 0 Å². The lowest BCUT2D eigenvalue weighted by Gasteiger charge is -2.09. The highest BCUT2D eigenvalue weighted by atomic mass is 79.9. The largest absolute Gasteiger partial charge is 0.277 e. The molecule has 1 aromatic heterocycles. The van der Waals surface area contributed by atoms with E-state index in [1.807, 2.05) is 54.6 Å². The Bertz CT molecular complexity index is 842. The Morgan fingerprint density at radius 2 is 1.80 bits per heavy atom. The molecule has 0 saturated carbocycles. The number of hydrogen-bond acceptors (Lipinski definition) is 4. The van der Waals surface area contributed by atoms with Crippen LogP contribution >= 0.6 is 27.7 Å². The smallest absolute Gasteiger partial charge is 0.269 e. The van der Waals surface area contributed by atoms with E-state index in [2.05, 4.69) is 26.4 Å². The number of amides is 1. The van der Waals surface area contributed by atoms with Crippen molar-refractivity contribution in [2.75, 3.05) is 0 Å². The zero-order chi connectivity index (χ0) is 17.5. The first-order chi connectivity index (χ1) is 12.2. The fraction of sp³-hybridized carbons (Fsp3) is 0.0526. The van der Waals surface area contributed by atoms with Crippen LogP contribution in [0.15, 0.2) is 87.3 Å². The number of pyridine rings is 1. The molecule has 0 radical (unpaired) electrons. The lowest BCUT2D eigenvalue weighted by Crippen LogP contribution is -2.24. The van der Waals surface area contributed by atoms with E-state index in [9.17, 15) is 4.79 Å². The van der Waals surface area contributed by atoms with Crippen molar-refractivity contribution in [3.05, 3.63) is 88.5 Å². The molecule has 0 aliphatic heterocycles. The van der Waals surface area contributed by atoms with E-state index in [1.54, 1.807) is 18.3 Å². The van der Waals surface area contributed by atoms with Gasteiger partial charge in [0.05, 0.1) is 12.2 Å². The molecule has 25 heavy (non-hydrogen) atoms. The molecule has 0 saturated heterocycles. The molecule has 0 aliphatic carbocycles. The van der Waals surface area contributed by atoms with Crippen LogP contribution in [0.5, 0.6) is 0 Å². The second kappa shape index (κ2) is 8.80. The molecule has 3 aromatic rings. The number of nitrogens with one attached hydrogen (secondary N) is 1. The molecule has 126 valence electrons. The van der Waals surface area contributed by atoms with E-state index in [1.165, 1.54) is 11.8 Å². The van der Waals surface area contributed by atoms with Gasteiger partial charge in [-0.15, -0.1) is 0 Å². The molecular formula is C19H15BrN2O2S. The summed E-state index contributed by atoms with van der Waals surface area (Å²) in [5.74, 6) is -0.316. The predicted octanol–water partition coefficient (Wildman–Crippen LogP) is 4.86. The molecule has 0 bridgehead atoms. The Labute approximate surface area is 158 Å². The highest BCUT2D eigenvalue weighted by Gasteiger charge is 2.13. The maximum absolute atomic E-state index is 12.4. The zero-order valence-electron chi connectivity index (χ0n) is 13.2. The summed E-state index contributed by atoms with van der Waals surface area (Å²) in [7, 11) is 0. The van der Waals surface area contributed by atoms with Gasteiger partial charge in [-0.25, -0.2) is 10.5 Å². The minimum absolute atomic E-state index is 0.308. The molecule has 0 unspecified atom stereocenters. The summed E-state index contributed by atoms with van der Waals surface area (Å²) in [6.07, 6.45) is 1.67. The summed E-state index contributed by atoms with van der Waals surface area (Å²) in [5, 5.41) is 0.630. The Morgan fingerprint density at radius 1 is 1.04 bits per heavy atom. The molecule has 0 atom stereocenters. The average Bonchev–Trinajstić information content (AvgIpc) is 2.65. The standard InChI is InChI=1S/C19H15BrN2O2S/c20-15-8-10-16(11-9-15)25-19-17(7-4-12-21-19)18(23)22-24-13-14-5-2-1-3-6-14/h1-12H,13H2,(H,22,23). The van der Waals surface area contributed by atoms with Crippen molar-refractivity contribution < 1.29 is 9.63 Å². The molecule has 2 aromatic carbocycles. The van der Waals surface area contributed by atoms with E-state index < -0.39 is 0 Å². The molecule has 1 heterocycles. The van der Waals surface area contributed by atoms with Crippen molar-refractivity contribution in [3.8, 4) is 0 Å². The van der Waals surface area contributed by atoms with Crippen molar-refractivity contribution in [1.82, 2.24) is 10.5 Å². The third kappa shape index (κ3) is 5.16. The van der Waals surface area contributed by atoms with E-state index in [-0.39, 0.29) is 5.91 Å². The number of hydroxylamine groups is 1. The van der Waals surface area contributed by atoms with Gasteiger partial charge in [0, 0.05) is 15.6 Å². The number of hydrogen-bond donors (Lipinski definition) is 1. The average molecular weight is 415 g/mol. The number of halogens is 1. The normalized spacial score (nSPS) is 10.4. The van der Waals surface area contributed by atoms with Crippen LogP contribution in [0.2, 0.25) is 0 Å². The Hall–Kier alpha value is -2.15. The van der Waals surface area contributed by atoms with Crippen LogP contribution in [0.1, 0.15) is 15.9 Å². The van der Waals surface area contributed by atoms with Gasteiger partial charge in [0.2, 0.25) is 0 Å². The minimum atomic E-state index is -0.316. The topological polar surface area (TPSA) is 51.2 Å². The quantitative estimate of drug-likeness (QED) is 0.585. The number of carbonyl (C=O) groups excluding carboxylic acids is 1. The fourth-order valence-electron chi connectivity index (χ4n) is 2.07. The van der Waals surface area contributed by atoms with Gasteiger partial charge in [-0.1, -0.05) is 58.0 Å². The Kier molecular flexibility index (Phi) is 6.22. The molecule has 3 rings (SSSR count). The molecule has 0 spiro atoms. The highest BCUT2D eigenvalue weighted by molar-refractivity contribution is 9.10. The summed E-state index contributed by atoms with van der Waals surface area (Å²) >= 11 is 4.84. The van der Waals surface area contributed by atoms with Crippen LogP contribution in [-0.2, 0) is 11.4 Å². The maximum Gasteiger partial charge on any atom is 0.277 e. The van der Waals surface area contributed by atoms with Gasteiger partial charge in [-0.2, -0.15) is 0 Å². The van der Waals surface area contributed by atoms with Crippen LogP contribution in [0.3, 0.4) is 0 Å².